The van der Waals surface area contributed by atoms with Gasteiger partial charge in [-0.15, -0.1) is 12.4 Å². The molecular weight excluding hydrogens is 199 g/mol. The van der Waals surface area contributed by atoms with Gasteiger partial charge in [0.25, 0.3) is 0 Å². The van der Waals surface area contributed by atoms with Crippen molar-refractivity contribution in [2.24, 2.45) is 11.8 Å². The van der Waals surface area contributed by atoms with Crippen LogP contribution in [0.15, 0.2) is 0 Å². The third-order valence-electron chi connectivity index (χ3n) is 3.72. The second-order valence-corrected chi connectivity index (χ2v) is 9.62. The molecule has 2 fully saturated rings. The van der Waals surface area contributed by atoms with Crippen LogP contribution in [0, 0.1) is 11.8 Å². The molecule has 2 unspecified atom stereocenters. The Morgan fingerprint density at radius 2 is 1.38 bits per heavy atom. The highest BCUT2D eigenvalue weighted by Gasteiger charge is 2.45. The average Bonchev–Trinajstić information content (AvgIpc) is 2.33. The van der Waals surface area contributed by atoms with Crippen LogP contribution >= 0.6 is 19.7 Å². The minimum Gasteiger partial charge on any atom is -0.147 e. The minimum absolute atomic E-state index is 0. The van der Waals surface area contributed by atoms with Crippen molar-refractivity contribution in [3.8, 4) is 0 Å². The molecule has 0 radical (unpaired) electrons. The van der Waals surface area contributed by atoms with Crippen LogP contribution < -0.4 is 0 Å². The van der Waals surface area contributed by atoms with E-state index in [2.05, 4.69) is 13.8 Å². The molecule has 2 heteroatoms. The van der Waals surface area contributed by atoms with Gasteiger partial charge in [-0.25, -0.2) is 0 Å². The number of hydrogen-bond acceptors (Lipinski definition) is 0. The van der Waals surface area contributed by atoms with E-state index in [0.717, 1.165) is 11.8 Å². The molecule has 2 atom stereocenters. The lowest BCUT2D eigenvalue weighted by molar-refractivity contribution is 0.454. The molecular formula is C11H23ClP+. The standard InChI is InChI=1S/C11H22P.ClH/c1-10-7-11(2)9-12(8-10)5-3-4-6-12;/h10-11H,3-9H2,1-2H3;1H/q+1;. The first-order valence-corrected chi connectivity index (χ1v) is 8.08. The van der Waals surface area contributed by atoms with E-state index in [4.69, 9.17) is 0 Å². The summed E-state index contributed by atoms with van der Waals surface area (Å²) in [6.07, 6.45) is 11.3. The Morgan fingerprint density at radius 1 is 0.923 bits per heavy atom. The molecule has 0 N–H and O–H groups in total. The fraction of sp³-hybridized carbons (Fsp3) is 1.00. The SMILES string of the molecule is CC1CC(C)C[P+]2(CCCC2)C1.Cl. The second kappa shape index (κ2) is 4.49. The van der Waals surface area contributed by atoms with E-state index < -0.39 is 0 Å². The average molecular weight is 222 g/mol. The third kappa shape index (κ3) is 2.60. The number of halogens is 1. The normalized spacial score (nSPS) is 37.4. The van der Waals surface area contributed by atoms with E-state index in [-0.39, 0.29) is 19.7 Å². The maximum absolute atomic E-state index is 2.48. The van der Waals surface area contributed by atoms with Crippen LogP contribution in [0.3, 0.4) is 0 Å². The lowest BCUT2D eigenvalue weighted by Gasteiger charge is -2.34. The molecule has 2 saturated heterocycles. The number of rotatable bonds is 0. The smallest absolute Gasteiger partial charge is 0.0620 e. The molecule has 0 aliphatic carbocycles. The molecule has 2 rings (SSSR count). The van der Waals surface area contributed by atoms with Crippen molar-refractivity contribution in [1.29, 1.82) is 0 Å². The van der Waals surface area contributed by atoms with Crippen molar-refractivity contribution < 1.29 is 0 Å². The Bertz CT molecular complexity index is 151. The van der Waals surface area contributed by atoms with Crippen molar-refractivity contribution >= 4 is 19.7 Å². The zero-order chi connectivity index (χ0) is 8.60. The predicted molar refractivity (Wildman–Crippen MR) is 65.8 cm³/mol. The van der Waals surface area contributed by atoms with Gasteiger partial charge in [-0.2, -0.15) is 0 Å². The monoisotopic (exact) mass is 221 g/mol. The summed E-state index contributed by atoms with van der Waals surface area (Å²) in [5, 5.41) is 0. The third-order valence-corrected chi connectivity index (χ3v) is 9.04. The summed E-state index contributed by atoms with van der Waals surface area (Å²) >= 11 is 0. The lowest BCUT2D eigenvalue weighted by atomic mass is 10.00. The van der Waals surface area contributed by atoms with E-state index in [1.165, 1.54) is 6.42 Å². The summed E-state index contributed by atoms with van der Waals surface area (Å²) in [4.78, 5) is 0. The van der Waals surface area contributed by atoms with Gasteiger partial charge in [0.2, 0.25) is 0 Å². The first-order valence-electron chi connectivity index (χ1n) is 5.55. The summed E-state index contributed by atoms with van der Waals surface area (Å²) < 4.78 is 0. The summed E-state index contributed by atoms with van der Waals surface area (Å²) in [6, 6.07) is 0. The van der Waals surface area contributed by atoms with Gasteiger partial charge in [-0.1, -0.05) is 13.8 Å². The Kier molecular flexibility index (Phi) is 4.08. The Morgan fingerprint density at radius 3 is 1.85 bits per heavy atom. The largest absolute Gasteiger partial charge is 0.147 e. The van der Waals surface area contributed by atoms with Gasteiger partial charge in [0, 0.05) is 7.26 Å². The van der Waals surface area contributed by atoms with Crippen molar-refractivity contribution in [1.82, 2.24) is 0 Å². The Labute approximate surface area is 89.6 Å². The molecule has 0 saturated carbocycles. The van der Waals surface area contributed by atoms with E-state index >= 15 is 0 Å². The van der Waals surface area contributed by atoms with Crippen molar-refractivity contribution in [3.05, 3.63) is 0 Å². The van der Waals surface area contributed by atoms with Gasteiger partial charge < -0.3 is 0 Å². The summed E-state index contributed by atoms with van der Waals surface area (Å²) in [7, 11) is -0.353. The number of hydrogen-bond donors (Lipinski definition) is 0. The first kappa shape index (κ1) is 11.8. The van der Waals surface area contributed by atoms with Gasteiger partial charge in [0.05, 0.1) is 24.6 Å². The van der Waals surface area contributed by atoms with E-state index in [1.54, 1.807) is 37.5 Å². The lowest BCUT2D eigenvalue weighted by Crippen LogP contribution is -2.24. The quantitative estimate of drug-likeness (QED) is 0.545. The highest BCUT2D eigenvalue weighted by molar-refractivity contribution is 7.76. The fourth-order valence-electron chi connectivity index (χ4n) is 3.60. The van der Waals surface area contributed by atoms with Crippen LogP contribution in [0.1, 0.15) is 33.1 Å². The van der Waals surface area contributed by atoms with Crippen LogP contribution in [0.4, 0.5) is 0 Å². The zero-order valence-corrected chi connectivity index (χ0v) is 10.7. The molecule has 0 aromatic heterocycles. The van der Waals surface area contributed by atoms with Crippen LogP contribution in [0.2, 0.25) is 0 Å². The van der Waals surface area contributed by atoms with Gasteiger partial charge in [-0.3, -0.25) is 0 Å². The second-order valence-electron chi connectivity index (χ2n) is 5.31. The fourth-order valence-corrected chi connectivity index (χ4v) is 9.44. The van der Waals surface area contributed by atoms with Crippen molar-refractivity contribution in [2.45, 2.75) is 33.1 Å². The van der Waals surface area contributed by atoms with Gasteiger partial charge in [0.15, 0.2) is 0 Å². The van der Waals surface area contributed by atoms with Gasteiger partial charge in [-0.05, 0) is 31.1 Å². The predicted octanol–water partition coefficient (Wildman–Crippen LogP) is 3.90. The van der Waals surface area contributed by atoms with Gasteiger partial charge >= 0.3 is 0 Å². The molecule has 0 nitrogen and oxygen atoms in total. The first-order chi connectivity index (χ1) is 5.70. The van der Waals surface area contributed by atoms with Crippen LogP contribution in [-0.4, -0.2) is 24.6 Å². The van der Waals surface area contributed by atoms with Crippen LogP contribution in [0.5, 0.6) is 0 Å². The highest BCUT2D eigenvalue weighted by Crippen LogP contribution is 2.68. The maximum atomic E-state index is 2.48. The van der Waals surface area contributed by atoms with Crippen LogP contribution in [-0.2, 0) is 0 Å². The molecule has 0 amide bonds. The Hall–Kier alpha value is 0.720. The molecule has 13 heavy (non-hydrogen) atoms. The molecule has 78 valence electrons. The maximum Gasteiger partial charge on any atom is 0.0620 e. The topological polar surface area (TPSA) is 0 Å². The minimum atomic E-state index is -0.353. The molecule has 2 heterocycles. The van der Waals surface area contributed by atoms with Gasteiger partial charge in [0.1, 0.15) is 0 Å². The summed E-state index contributed by atoms with van der Waals surface area (Å²) in [5.74, 6) is 2.11. The van der Waals surface area contributed by atoms with E-state index in [0.29, 0.717) is 0 Å². The Balaban J connectivity index is 0.000000845. The summed E-state index contributed by atoms with van der Waals surface area (Å²) in [6.45, 7) is 4.96. The summed E-state index contributed by atoms with van der Waals surface area (Å²) in [5.41, 5.74) is 0. The molecule has 0 aromatic carbocycles. The molecule has 2 aliphatic heterocycles. The highest BCUT2D eigenvalue weighted by atomic mass is 35.5. The molecule has 2 aliphatic rings. The molecule has 1 spiro atoms. The molecule has 0 bridgehead atoms. The molecule has 0 aromatic rings. The van der Waals surface area contributed by atoms with Crippen molar-refractivity contribution in [3.63, 3.8) is 0 Å². The zero-order valence-electron chi connectivity index (χ0n) is 8.96. The van der Waals surface area contributed by atoms with Crippen LogP contribution in [0.25, 0.3) is 0 Å². The van der Waals surface area contributed by atoms with E-state index in [9.17, 15) is 0 Å². The van der Waals surface area contributed by atoms with Crippen molar-refractivity contribution in [2.75, 3.05) is 24.6 Å². The van der Waals surface area contributed by atoms with E-state index in [1.807, 2.05) is 0 Å².